The molecule has 3 heteroatoms. The van der Waals surface area contributed by atoms with E-state index in [1.165, 1.54) is 12.8 Å². The second kappa shape index (κ2) is 9.88. The highest BCUT2D eigenvalue weighted by molar-refractivity contribution is 5.79. The van der Waals surface area contributed by atoms with Gasteiger partial charge in [-0.2, -0.15) is 0 Å². The second-order valence-electron chi connectivity index (χ2n) is 15.8. The summed E-state index contributed by atoms with van der Waals surface area (Å²) in [5.74, 6) is 1.97. The van der Waals surface area contributed by atoms with Crippen molar-refractivity contribution in [1.82, 2.24) is 0 Å². The van der Waals surface area contributed by atoms with Gasteiger partial charge in [-0.1, -0.05) is 71.4 Å². The van der Waals surface area contributed by atoms with Gasteiger partial charge in [0.15, 0.2) is 0 Å². The molecule has 4 saturated carbocycles. The summed E-state index contributed by atoms with van der Waals surface area (Å²) in [6.07, 6.45) is 19.5. The Balaban J connectivity index is 1.51. The van der Waals surface area contributed by atoms with Crippen LogP contribution in [0.4, 0.5) is 0 Å². The van der Waals surface area contributed by atoms with Crippen LogP contribution in [0.5, 0.6) is 0 Å². The minimum absolute atomic E-state index is 0.0489. The second-order valence-corrected chi connectivity index (χ2v) is 15.8. The predicted octanol–water partition coefficient (Wildman–Crippen LogP) is 8.82. The first kappa shape index (κ1) is 29.2. The third kappa shape index (κ3) is 4.26. The Hall–Kier alpha value is -1.35. The molecule has 0 saturated heterocycles. The fourth-order valence-electron chi connectivity index (χ4n) is 11.0. The van der Waals surface area contributed by atoms with Gasteiger partial charge in [-0.3, -0.25) is 4.79 Å². The summed E-state index contributed by atoms with van der Waals surface area (Å²) in [4.78, 5) is 14.1. The van der Waals surface area contributed by atoms with Crippen LogP contribution in [0.25, 0.3) is 0 Å². The molecule has 0 spiro atoms. The summed E-state index contributed by atoms with van der Waals surface area (Å²) in [5, 5.41) is 10.7. The van der Waals surface area contributed by atoms with Gasteiger partial charge in [-0.05, 0) is 129 Å². The molecule has 0 radical (unpaired) electrons. The number of rotatable bonds is 4. The fourth-order valence-corrected chi connectivity index (χ4v) is 11.0. The highest BCUT2D eigenvalue weighted by atomic mass is 16.5. The Morgan fingerprint density at radius 2 is 1.74 bits per heavy atom. The van der Waals surface area contributed by atoms with Crippen molar-refractivity contribution >= 4 is 5.97 Å². The average molecular weight is 537 g/mol. The van der Waals surface area contributed by atoms with Gasteiger partial charge in [0.25, 0.3) is 0 Å². The van der Waals surface area contributed by atoms with Gasteiger partial charge in [-0.15, -0.1) is 0 Å². The molecule has 0 aromatic carbocycles. The zero-order valence-electron chi connectivity index (χ0n) is 26.2. The smallest absolute Gasteiger partial charge is 0.313 e. The van der Waals surface area contributed by atoms with E-state index in [9.17, 15) is 9.90 Å². The number of ether oxygens (including phenoxy) is 1. The van der Waals surface area contributed by atoms with Crippen molar-refractivity contribution in [3.05, 3.63) is 35.5 Å². The Kier molecular flexibility index (Phi) is 7.39. The van der Waals surface area contributed by atoms with Crippen LogP contribution in [-0.4, -0.2) is 23.8 Å². The largest absolute Gasteiger partial charge is 0.460 e. The van der Waals surface area contributed by atoms with E-state index in [-0.39, 0.29) is 45.1 Å². The van der Waals surface area contributed by atoms with Crippen molar-refractivity contribution in [3.63, 3.8) is 0 Å². The minimum atomic E-state index is -0.386. The van der Waals surface area contributed by atoms with Crippen molar-refractivity contribution < 1.29 is 14.6 Å². The minimum Gasteiger partial charge on any atom is -0.460 e. The lowest BCUT2D eigenvalue weighted by molar-refractivity contribution is -0.189. The van der Waals surface area contributed by atoms with Gasteiger partial charge >= 0.3 is 5.97 Å². The maximum absolute atomic E-state index is 14.1. The van der Waals surface area contributed by atoms with Crippen LogP contribution in [0.2, 0.25) is 0 Å². The SMILES string of the molecule is C/C=C\C(=C/C)COC(=O)[C@]12CCC(C)(C)C[C@H]1C1=CCC3[C@@]4(C)CC[C@H](O)C(C)C4CC[C@@]3(C)[C@]1(C)CC2. The quantitative estimate of drug-likeness (QED) is 0.222. The first-order chi connectivity index (χ1) is 18.3. The van der Waals surface area contributed by atoms with Gasteiger partial charge in [0.1, 0.15) is 6.61 Å². The van der Waals surface area contributed by atoms with Crippen molar-refractivity contribution in [1.29, 1.82) is 0 Å². The summed E-state index contributed by atoms with van der Waals surface area (Å²) >= 11 is 0. The normalized spacial score (nSPS) is 47.4. The molecule has 0 bridgehead atoms. The van der Waals surface area contributed by atoms with Gasteiger partial charge in [0.2, 0.25) is 0 Å². The van der Waals surface area contributed by atoms with Crippen LogP contribution < -0.4 is 0 Å². The van der Waals surface area contributed by atoms with E-state index >= 15 is 0 Å². The first-order valence-corrected chi connectivity index (χ1v) is 16.1. The monoisotopic (exact) mass is 536 g/mol. The van der Waals surface area contributed by atoms with E-state index in [0.717, 1.165) is 56.9 Å². The Labute approximate surface area is 238 Å². The molecule has 0 aromatic heterocycles. The molecule has 4 fully saturated rings. The number of aliphatic hydroxyl groups excluding tert-OH is 1. The molecule has 1 N–H and O–H groups in total. The molecular weight excluding hydrogens is 480 g/mol. The Bertz CT molecular complexity index is 1070. The fraction of sp³-hybridized carbons (Fsp3) is 0.806. The molecule has 3 unspecified atom stereocenters. The number of fused-ring (bicyclic) bond motifs is 7. The van der Waals surface area contributed by atoms with Gasteiger partial charge in [0.05, 0.1) is 11.5 Å². The zero-order valence-corrected chi connectivity index (χ0v) is 26.2. The van der Waals surface area contributed by atoms with E-state index in [1.807, 2.05) is 19.9 Å². The van der Waals surface area contributed by atoms with E-state index in [1.54, 1.807) is 5.57 Å². The Morgan fingerprint density at radius 3 is 2.44 bits per heavy atom. The number of carbonyl (C=O) groups is 1. The zero-order chi connectivity index (χ0) is 28.4. The summed E-state index contributed by atoms with van der Waals surface area (Å²) < 4.78 is 6.16. The van der Waals surface area contributed by atoms with E-state index in [4.69, 9.17) is 4.74 Å². The van der Waals surface area contributed by atoms with Crippen LogP contribution >= 0.6 is 0 Å². The van der Waals surface area contributed by atoms with Crippen molar-refractivity contribution in [2.75, 3.05) is 6.61 Å². The van der Waals surface area contributed by atoms with Gasteiger partial charge < -0.3 is 9.84 Å². The molecule has 0 amide bonds. The third-order valence-corrected chi connectivity index (χ3v) is 13.7. The summed E-state index contributed by atoms with van der Waals surface area (Å²) in [6, 6.07) is 0. The number of allylic oxidation sites excluding steroid dienone is 4. The van der Waals surface area contributed by atoms with Gasteiger partial charge in [0, 0.05) is 0 Å². The van der Waals surface area contributed by atoms with Crippen LogP contribution in [0.15, 0.2) is 35.5 Å². The third-order valence-electron chi connectivity index (χ3n) is 13.7. The number of hydrogen-bond acceptors (Lipinski definition) is 3. The number of carbonyl (C=O) groups excluding carboxylic acids is 1. The van der Waals surface area contributed by atoms with Crippen molar-refractivity contribution in [3.8, 4) is 0 Å². The summed E-state index contributed by atoms with van der Waals surface area (Å²) in [5.41, 5.74) is 3.15. The molecule has 5 aliphatic rings. The number of esters is 1. The molecule has 5 rings (SSSR count). The van der Waals surface area contributed by atoms with Crippen LogP contribution in [0.1, 0.15) is 120 Å². The predicted molar refractivity (Wildman–Crippen MR) is 160 cm³/mol. The lowest BCUT2D eigenvalue weighted by Crippen LogP contribution is -2.63. The molecule has 0 heterocycles. The molecule has 218 valence electrons. The van der Waals surface area contributed by atoms with E-state index in [0.29, 0.717) is 24.4 Å². The highest BCUT2D eigenvalue weighted by Gasteiger charge is 2.68. The van der Waals surface area contributed by atoms with Crippen LogP contribution in [0.3, 0.4) is 0 Å². The van der Waals surface area contributed by atoms with Crippen molar-refractivity contribution in [2.24, 2.45) is 50.7 Å². The maximum atomic E-state index is 14.1. The number of hydrogen-bond donors (Lipinski definition) is 1. The summed E-state index contributed by atoms with van der Waals surface area (Å²) in [6.45, 7) is 19.3. The first-order valence-electron chi connectivity index (χ1n) is 16.1. The Morgan fingerprint density at radius 1 is 1.03 bits per heavy atom. The molecular formula is C36H56O3. The molecule has 0 aromatic rings. The number of aliphatic hydroxyl groups is 1. The lowest BCUT2D eigenvalue weighted by Gasteiger charge is -2.70. The molecule has 5 aliphatic carbocycles. The average Bonchev–Trinajstić information content (AvgIpc) is 2.89. The molecule has 0 aliphatic heterocycles. The maximum Gasteiger partial charge on any atom is 0.313 e. The lowest BCUT2D eigenvalue weighted by atomic mass is 9.34. The topological polar surface area (TPSA) is 46.5 Å². The summed E-state index contributed by atoms with van der Waals surface area (Å²) in [7, 11) is 0. The molecule has 3 nitrogen and oxygen atoms in total. The molecule has 9 atom stereocenters. The van der Waals surface area contributed by atoms with Gasteiger partial charge in [-0.25, -0.2) is 0 Å². The van der Waals surface area contributed by atoms with Crippen LogP contribution in [-0.2, 0) is 9.53 Å². The highest BCUT2D eigenvalue weighted by Crippen LogP contribution is 2.75. The van der Waals surface area contributed by atoms with E-state index < -0.39 is 0 Å². The van der Waals surface area contributed by atoms with Crippen LogP contribution in [0, 0.1) is 50.7 Å². The van der Waals surface area contributed by atoms with E-state index in [2.05, 4.69) is 59.8 Å². The molecule has 39 heavy (non-hydrogen) atoms. The standard InChI is InChI=1S/C36H56O3/c1-9-11-25(10-2)23-39-31(38)36-20-18-32(4,5)22-28(36)27-12-13-30-33(6)16-15-29(37)24(3)26(33)14-17-35(30,8)34(27,7)19-21-36/h9-12,24,26,28-30,37H,13-23H2,1-8H3/b11-9-,25-10+/t24?,26?,28-,29-,30?,33-,34+,35+,36-/m0/s1. The van der Waals surface area contributed by atoms with Crippen molar-refractivity contribution in [2.45, 2.75) is 126 Å².